The summed E-state index contributed by atoms with van der Waals surface area (Å²) in [6.45, 7) is 2.78. The van der Waals surface area contributed by atoms with Gasteiger partial charge in [-0.2, -0.15) is 0 Å². The van der Waals surface area contributed by atoms with Crippen LogP contribution in [0.25, 0.3) is 0 Å². The van der Waals surface area contributed by atoms with E-state index in [9.17, 15) is 14.6 Å². The van der Waals surface area contributed by atoms with Gasteiger partial charge in [-0.3, -0.25) is 0 Å². The number of nitrogens with zero attached hydrogens (tertiary/aromatic N) is 1. The lowest BCUT2D eigenvalue weighted by Gasteiger charge is -2.21. The van der Waals surface area contributed by atoms with Crippen molar-refractivity contribution in [2.45, 2.75) is 25.6 Å². The molecule has 0 radical (unpaired) electrons. The Morgan fingerprint density at radius 3 is 2.63 bits per heavy atom. The van der Waals surface area contributed by atoms with Crippen LogP contribution in [0.15, 0.2) is 18.2 Å². The number of halogens is 1. The molecule has 0 aliphatic heterocycles. The highest BCUT2D eigenvalue weighted by atomic mass is 19.1. The molecule has 0 saturated heterocycles. The van der Waals surface area contributed by atoms with Gasteiger partial charge in [-0.15, -0.1) is 0 Å². The minimum atomic E-state index is -0.924. The van der Waals surface area contributed by atoms with Crippen LogP contribution in [-0.4, -0.2) is 48.5 Å². The minimum absolute atomic E-state index is 0.190. The van der Waals surface area contributed by atoms with E-state index in [4.69, 9.17) is 4.74 Å². The summed E-state index contributed by atoms with van der Waals surface area (Å²) in [4.78, 5) is 1.89. The molecule has 0 spiro atoms. The number of aliphatic hydroxyl groups is 2. The Bertz CT molecular complexity index is 398. The molecule has 5 heteroatoms. The molecule has 2 N–H and O–H groups in total. The van der Waals surface area contributed by atoms with Crippen molar-refractivity contribution in [1.82, 2.24) is 4.90 Å². The van der Waals surface area contributed by atoms with Crippen LogP contribution in [0.2, 0.25) is 0 Å². The first-order valence-electron chi connectivity index (χ1n) is 6.32. The Balaban J connectivity index is 2.65. The maximum Gasteiger partial charge on any atom is 0.132 e. The fourth-order valence-corrected chi connectivity index (χ4v) is 2.05. The van der Waals surface area contributed by atoms with Crippen molar-refractivity contribution in [3.63, 3.8) is 0 Å². The van der Waals surface area contributed by atoms with Crippen molar-refractivity contribution >= 4 is 0 Å². The van der Waals surface area contributed by atoms with E-state index in [0.29, 0.717) is 25.3 Å². The number of benzene rings is 1. The molecule has 0 aliphatic rings. The summed E-state index contributed by atoms with van der Waals surface area (Å²) in [5, 5.41) is 19.3. The predicted octanol–water partition coefficient (Wildman–Crippen LogP) is 1.57. The molecule has 1 aromatic rings. The second-order valence-corrected chi connectivity index (χ2v) is 4.77. The van der Waals surface area contributed by atoms with Gasteiger partial charge in [0.15, 0.2) is 0 Å². The average Bonchev–Trinajstić information content (AvgIpc) is 2.34. The molecule has 1 aromatic carbocycles. The summed E-state index contributed by atoms with van der Waals surface area (Å²) in [7, 11) is 3.29. The van der Waals surface area contributed by atoms with Crippen molar-refractivity contribution in [3.8, 4) is 5.75 Å². The fourth-order valence-electron chi connectivity index (χ4n) is 2.05. The highest BCUT2D eigenvalue weighted by Gasteiger charge is 2.18. The smallest absolute Gasteiger partial charge is 0.132 e. The lowest BCUT2D eigenvalue weighted by molar-refractivity contribution is 0.113. The third kappa shape index (κ3) is 4.78. The van der Waals surface area contributed by atoms with E-state index in [0.717, 1.165) is 0 Å². The topological polar surface area (TPSA) is 52.9 Å². The molecular weight excluding hydrogens is 249 g/mol. The molecule has 0 fully saturated rings. The number of hydrogen-bond donors (Lipinski definition) is 2. The fraction of sp³-hybridized carbons (Fsp3) is 0.571. The monoisotopic (exact) mass is 271 g/mol. The summed E-state index contributed by atoms with van der Waals surface area (Å²) in [5.74, 6) is -0.115. The standard InChI is InChI=1S/C14H22FNO3/c1-10(17)9-16(2)8-7-12(18)14-11(15)5-4-6-13(14)19-3/h4-6,10,12,17-18H,7-9H2,1-3H3. The van der Waals surface area contributed by atoms with E-state index in [1.54, 1.807) is 19.1 Å². The quantitative estimate of drug-likeness (QED) is 0.790. The second kappa shape index (κ2) is 7.43. The Labute approximate surface area is 113 Å². The lowest BCUT2D eigenvalue weighted by Crippen LogP contribution is -2.29. The second-order valence-electron chi connectivity index (χ2n) is 4.77. The van der Waals surface area contributed by atoms with Crippen LogP contribution >= 0.6 is 0 Å². The summed E-state index contributed by atoms with van der Waals surface area (Å²) >= 11 is 0. The zero-order valence-electron chi connectivity index (χ0n) is 11.6. The largest absolute Gasteiger partial charge is 0.496 e. The van der Waals surface area contributed by atoms with Crippen LogP contribution in [0, 0.1) is 5.82 Å². The van der Waals surface area contributed by atoms with Crippen LogP contribution in [0.4, 0.5) is 4.39 Å². The van der Waals surface area contributed by atoms with Crippen LogP contribution < -0.4 is 4.74 Å². The zero-order valence-corrected chi connectivity index (χ0v) is 11.6. The van der Waals surface area contributed by atoms with E-state index in [-0.39, 0.29) is 5.56 Å². The molecular formula is C14H22FNO3. The van der Waals surface area contributed by atoms with Crippen LogP contribution in [-0.2, 0) is 0 Å². The van der Waals surface area contributed by atoms with Gasteiger partial charge in [-0.05, 0) is 32.5 Å². The van der Waals surface area contributed by atoms with Crippen molar-refractivity contribution in [2.24, 2.45) is 0 Å². The first-order valence-corrected chi connectivity index (χ1v) is 6.32. The number of likely N-dealkylation sites (N-methyl/N-ethyl adjacent to an activating group) is 1. The molecule has 0 saturated carbocycles. The highest BCUT2D eigenvalue weighted by molar-refractivity contribution is 5.36. The molecule has 19 heavy (non-hydrogen) atoms. The molecule has 1 rings (SSSR count). The van der Waals surface area contributed by atoms with E-state index in [2.05, 4.69) is 0 Å². The number of ether oxygens (including phenoxy) is 1. The van der Waals surface area contributed by atoms with Gasteiger partial charge >= 0.3 is 0 Å². The Hall–Kier alpha value is -1.17. The Morgan fingerprint density at radius 1 is 1.37 bits per heavy atom. The normalized spacial score (nSPS) is 14.5. The van der Waals surface area contributed by atoms with Gasteiger partial charge in [-0.25, -0.2) is 4.39 Å². The molecule has 2 unspecified atom stereocenters. The van der Waals surface area contributed by atoms with Gasteiger partial charge < -0.3 is 19.8 Å². The first-order chi connectivity index (χ1) is 8.95. The summed E-state index contributed by atoms with van der Waals surface area (Å²) in [5.41, 5.74) is 0.190. The van der Waals surface area contributed by atoms with Gasteiger partial charge in [0, 0.05) is 13.1 Å². The maximum atomic E-state index is 13.7. The van der Waals surface area contributed by atoms with Crippen LogP contribution in [0.3, 0.4) is 0 Å². The molecule has 2 atom stereocenters. The number of hydrogen-bond acceptors (Lipinski definition) is 4. The van der Waals surface area contributed by atoms with E-state index >= 15 is 0 Å². The molecule has 108 valence electrons. The van der Waals surface area contributed by atoms with Crippen molar-refractivity contribution in [3.05, 3.63) is 29.6 Å². The zero-order chi connectivity index (χ0) is 14.4. The maximum absolute atomic E-state index is 13.7. The molecule has 4 nitrogen and oxygen atoms in total. The molecule has 0 bridgehead atoms. The van der Waals surface area contributed by atoms with Crippen molar-refractivity contribution < 1.29 is 19.3 Å². The number of rotatable bonds is 7. The lowest BCUT2D eigenvalue weighted by atomic mass is 10.0. The van der Waals surface area contributed by atoms with E-state index in [1.165, 1.54) is 13.2 Å². The van der Waals surface area contributed by atoms with Gasteiger partial charge in [-0.1, -0.05) is 6.07 Å². The third-order valence-electron chi connectivity index (χ3n) is 2.93. The number of aliphatic hydroxyl groups excluding tert-OH is 2. The van der Waals surface area contributed by atoms with Gasteiger partial charge in [0.1, 0.15) is 11.6 Å². The SMILES string of the molecule is COc1cccc(F)c1C(O)CCN(C)CC(C)O. The minimum Gasteiger partial charge on any atom is -0.496 e. The Kier molecular flexibility index (Phi) is 6.21. The van der Waals surface area contributed by atoms with Crippen LogP contribution in [0.5, 0.6) is 5.75 Å². The number of methoxy groups -OCH3 is 1. The van der Waals surface area contributed by atoms with Gasteiger partial charge in [0.2, 0.25) is 0 Å². The first kappa shape index (κ1) is 15.9. The summed E-state index contributed by atoms with van der Waals surface area (Å²) in [6.07, 6.45) is -0.974. The molecule has 0 aromatic heterocycles. The summed E-state index contributed by atoms with van der Waals surface area (Å²) < 4.78 is 18.8. The van der Waals surface area contributed by atoms with Gasteiger partial charge in [0.05, 0.1) is 24.9 Å². The van der Waals surface area contributed by atoms with Crippen molar-refractivity contribution in [1.29, 1.82) is 0 Å². The van der Waals surface area contributed by atoms with Crippen LogP contribution in [0.1, 0.15) is 25.0 Å². The van der Waals surface area contributed by atoms with Gasteiger partial charge in [0.25, 0.3) is 0 Å². The highest BCUT2D eigenvalue weighted by Crippen LogP contribution is 2.29. The summed E-state index contributed by atoms with van der Waals surface area (Å²) in [6, 6.07) is 4.48. The average molecular weight is 271 g/mol. The predicted molar refractivity (Wildman–Crippen MR) is 71.7 cm³/mol. The van der Waals surface area contributed by atoms with E-state index in [1.807, 2.05) is 11.9 Å². The molecule has 0 heterocycles. The van der Waals surface area contributed by atoms with E-state index < -0.39 is 18.0 Å². The Morgan fingerprint density at radius 2 is 2.05 bits per heavy atom. The van der Waals surface area contributed by atoms with Crippen molar-refractivity contribution in [2.75, 3.05) is 27.2 Å². The molecule has 0 amide bonds. The third-order valence-corrected chi connectivity index (χ3v) is 2.93. The molecule has 0 aliphatic carbocycles.